The minimum Gasteiger partial charge on any atom is -0.465 e. The molecule has 0 spiro atoms. The largest absolute Gasteiger partial charge is 0.465 e. The number of nitrogens with one attached hydrogen (secondary N) is 1. The predicted octanol–water partition coefficient (Wildman–Crippen LogP) is 2.23. The van der Waals surface area contributed by atoms with E-state index in [0.29, 0.717) is 19.6 Å². The molecule has 10 heteroatoms. The zero-order valence-electron chi connectivity index (χ0n) is 13.7. The number of benzene rings is 1. The van der Waals surface area contributed by atoms with Gasteiger partial charge in [-0.15, -0.1) is 5.10 Å². The molecule has 0 aliphatic carbocycles. The number of carboxylic acid groups (broad SMARTS) is 1. The number of anilines is 1. The average Bonchev–Trinajstić information content (AvgIpc) is 3.18. The lowest BCUT2D eigenvalue weighted by molar-refractivity contribution is -0.140. The second-order valence-electron chi connectivity index (χ2n) is 6.14. The standard InChI is InChI=1S/C16H17N5O5/c22-15(23)17-14-19-18-13(26-14)12-7-6-11-8-20(12)16(24)21(11)25-9-10-4-2-1-3-5-10/h1-5,11-12H,6-9H2,(H,17,19)(H,22,23)/t11-,12+/m1/s1. The maximum atomic E-state index is 12.7. The molecule has 1 aromatic heterocycles. The van der Waals surface area contributed by atoms with Gasteiger partial charge < -0.3 is 14.4 Å². The molecule has 0 saturated carbocycles. The number of rotatable bonds is 5. The lowest BCUT2D eigenvalue weighted by Gasteiger charge is -2.27. The van der Waals surface area contributed by atoms with Crippen LogP contribution in [-0.4, -0.2) is 50.0 Å². The number of aromatic nitrogens is 2. The molecule has 2 bridgehead atoms. The Morgan fingerprint density at radius 3 is 2.88 bits per heavy atom. The molecule has 2 atom stereocenters. The van der Waals surface area contributed by atoms with Gasteiger partial charge in [0.1, 0.15) is 12.6 Å². The number of carbonyl (C=O) groups is 2. The van der Waals surface area contributed by atoms with Crippen molar-refractivity contribution in [2.75, 3.05) is 11.9 Å². The molecule has 0 radical (unpaired) electrons. The molecular formula is C16H17N5O5. The number of carbonyl (C=O) groups excluding carboxylic acids is 1. The summed E-state index contributed by atoms with van der Waals surface area (Å²) in [5.41, 5.74) is 0.981. The van der Waals surface area contributed by atoms with Crippen molar-refractivity contribution in [1.29, 1.82) is 0 Å². The third-order valence-electron chi connectivity index (χ3n) is 4.48. The predicted molar refractivity (Wildman–Crippen MR) is 86.9 cm³/mol. The molecule has 0 unspecified atom stereocenters. The van der Waals surface area contributed by atoms with Crippen LogP contribution >= 0.6 is 0 Å². The highest BCUT2D eigenvalue weighted by atomic mass is 16.7. The van der Waals surface area contributed by atoms with Gasteiger partial charge in [0.15, 0.2) is 0 Å². The lowest BCUT2D eigenvalue weighted by atomic mass is 10.0. The van der Waals surface area contributed by atoms with E-state index in [1.807, 2.05) is 35.6 Å². The van der Waals surface area contributed by atoms with Crippen molar-refractivity contribution < 1.29 is 24.0 Å². The van der Waals surface area contributed by atoms with Crippen LogP contribution in [-0.2, 0) is 11.4 Å². The highest BCUT2D eigenvalue weighted by molar-refractivity contribution is 5.79. The second kappa shape index (κ2) is 6.64. The zero-order chi connectivity index (χ0) is 18.1. The Balaban J connectivity index is 1.44. The quantitative estimate of drug-likeness (QED) is 0.839. The minimum atomic E-state index is -1.29. The first kappa shape index (κ1) is 16.3. The fraction of sp³-hybridized carbons (Fsp3) is 0.375. The number of hydrogen-bond acceptors (Lipinski definition) is 6. The van der Waals surface area contributed by atoms with Crippen molar-refractivity contribution in [2.24, 2.45) is 0 Å². The Kier molecular flexibility index (Phi) is 4.17. The highest BCUT2D eigenvalue weighted by Gasteiger charge is 2.47. The SMILES string of the molecule is O=C(O)Nc1nnc([C@@H]2CC[C@@H]3CN2C(=O)N3OCc2ccccc2)o1. The first-order valence-electron chi connectivity index (χ1n) is 8.22. The number of hydrogen-bond donors (Lipinski definition) is 2. The molecule has 4 rings (SSSR count). The van der Waals surface area contributed by atoms with Crippen LogP contribution in [0.1, 0.15) is 30.3 Å². The van der Waals surface area contributed by atoms with E-state index >= 15 is 0 Å². The van der Waals surface area contributed by atoms with Gasteiger partial charge in [0.05, 0.1) is 6.04 Å². The lowest BCUT2D eigenvalue weighted by Crippen LogP contribution is -2.34. The van der Waals surface area contributed by atoms with Gasteiger partial charge in [-0.05, 0) is 18.4 Å². The van der Waals surface area contributed by atoms with Gasteiger partial charge in [-0.2, -0.15) is 5.06 Å². The Bertz CT molecular complexity index is 810. The summed E-state index contributed by atoms with van der Waals surface area (Å²) in [6.45, 7) is 0.817. The summed E-state index contributed by atoms with van der Waals surface area (Å²) < 4.78 is 5.33. The van der Waals surface area contributed by atoms with E-state index in [-0.39, 0.29) is 30.0 Å². The molecule has 26 heavy (non-hydrogen) atoms. The van der Waals surface area contributed by atoms with Crippen LogP contribution in [0, 0.1) is 0 Å². The molecule has 1 aromatic carbocycles. The maximum absolute atomic E-state index is 12.7. The monoisotopic (exact) mass is 359 g/mol. The van der Waals surface area contributed by atoms with E-state index in [0.717, 1.165) is 12.0 Å². The highest BCUT2D eigenvalue weighted by Crippen LogP contribution is 2.38. The first-order valence-corrected chi connectivity index (χ1v) is 8.22. The van der Waals surface area contributed by atoms with Gasteiger partial charge >= 0.3 is 18.1 Å². The van der Waals surface area contributed by atoms with Crippen LogP contribution in [0.4, 0.5) is 15.6 Å². The molecule has 2 aromatic rings. The van der Waals surface area contributed by atoms with Crippen molar-refractivity contribution in [3.8, 4) is 0 Å². The third kappa shape index (κ3) is 3.06. The van der Waals surface area contributed by atoms with Crippen LogP contribution in [0.15, 0.2) is 34.7 Å². The van der Waals surface area contributed by atoms with Crippen LogP contribution in [0.5, 0.6) is 0 Å². The molecular weight excluding hydrogens is 342 g/mol. The molecule has 2 saturated heterocycles. The maximum Gasteiger partial charge on any atom is 0.412 e. The van der Waals surface area contributed by atoms with Gasteiger partial charge in [0.25, 0.3) is 0 Å². The summed E-state index contributed by atoms with van der Waals surface area (Å²) in [5.74, 6) is 0.213. The summed E-state index contributed by atoms with van der Waals surface area (Å²) in [7, 11) is 0. The van der Waals surface area contributed by atoms with Crippen molar-refractivity contribution in [2.45, 2.75) is 31.5 Å². The zero-order valence-corrected chi connectivity index (χ0v) is 13.7. The number of hydroxylamine groups is 2. The third-order valence-corrected chi connectivity index (χ3v) is 4.48. The molecule has 2 N–H and O–H groups in total. The van der Waals surface area contributed by atoms with E-state index in [2.05, 4.69) is 10.2 Å². The Morgan fingerprint density at radius 2 is 2.12 bits per heavy atom. The second-order valence-corrected chi connectivity index (χ2v) is 6.14. The molecule has 3 amide bonds. The van der Waals surface area contributed by atoms with E-state index in [1.165, 1.54) is 5.06 Å². The molecule has 3 heterocycles. The molecule has 2 aliphatic rings. The van der Waals surface area contributed by atoms with Crippen molar-refractivity contribution >= 4 is 18.1 Å². The number of piperidine rings is 1. The smallest absolute Gasteiger partial charge is 0.412 e. The number of urea groups is 1. The van der Waals surface area contributed by atoms with E-state index < -0.39 is 6.09 Å². The first-order chi connectivity index (χ1) is 12.6. The molecule has 2 aliphatic heterocycles. The van der Waals surface area contributed by atoms with Gasteiger partial charge in [-0.1, -0.05) is 35.4 Å². The molecule has 136 valence electrons. The minimum absolute atomic E-state index is 0.0259. The Hall–Kier alpha value is -3.14. The summed E-state index contributed by atoms with van der Waals surface area (Å²) in [5, 5.41) is 19.6. The Morgan fingerprint density at radius 1 is 1.31 bits per heavy atom. The summed E-state index contributed by atoms with van der Waals surface area (Å²) in [6.07, 6.45) is 0.0730. The van der Waals surface area contributed by atoms with Gasteiger partial charge in [-0.3, -0.25) is 4.84 Å². The van der Waals surface area contributed by atoms with Crippen molar-refractivity contribution in [3.05, 3.63) is 41.8 Å². The number of amides is 3. The van der Waals surface area contributed by atoms with E-state index in [1.54, 1.807) is 4.90 Å². The number of nitrogens with zero attached hydrogens (tertiary/aromatic N) is 4. The molecule has 10 nitrogen and oxygen atoms in total. The fourth-order valence-corrected chi connectivity index (χ4v) is 3.28. The normalized spacial score (nSPS) is 21.9. The van der Waals surface area contributed by atoms with Crippen molar-refractivity contribution in [3.63, 3.8) is 0 Å². The average molecular weight is 359 g/mol. The Labute approximate surface area is 148 Å². The van der Waals surface area contributed by atoms with E-state index in [9.17, 15) is 9.59 Å². The topological polar surface area (TPSA) is 121 Å². The summed E-state index contributed by atoms with van der Waals surface area (Å²) in [6, 6.07) is 8.75. The summed E-state index contributed by atoms with van der Waals surface area (Å²) >= 11 is 0. The fourth-order valence-electron chi connectivity index (χ4n) is 3.28. The van der Waals surface area contributed by atoms with Crippen molar-refractivity contribution in [1.82, 2.24) is 20.2 Å². The van der Waals surface area contributed by atoms with E-state index in [4.69, 9.17) is 14.4 Å². The van der Waals surface area contributed by atoms with Crippen LogP contribution < -0.4 is 5.32 Å². The number of fused-ring (bicyclic) bond motifs is 2. The van der Waals surface area contributed by atoms with Crippen LogP contribution in [0.2, 0.25) is 0 Å². The van der Waals surface area contributed by atoms with Crippen LogP contribution in [0.25, 0.3) is 0 Å². The van der Waals surface area contributed by atoms with Gasteiger partial charge in [0.2, 0.25) is 5.89 Å². The van der Waals surface area contributed by atoms with Crippen LogP contribution in [0.3, 0.4) is 0 Å². The van der Waals surface area contributed by atoms with Gasteiger partial charge in [0, 0.05) is 6.54 Å². The molecule has 2 fully saturated rings. The van der Waals surface area contributed by atoms with Gasteiger partial charge in [-0.25, -0.2) is 14.9 Å². The summed E-state index contributed by atoms with van der Waals surface area (Å²) in [4.78, 5) is 30.7.